The minimum Gasteiger partial charge on any atom is -0.457 e. The molecule has 0 rings (SSSR count). The van der Waals surface area contributed by atoms with E-state index in [9.17, 15) is 14.3 Å². The van der Waals surface area contributed by atoms with Crippen molar-refractivity contribution in [3.8, 4) is 0 Å². The standard InChI is InChI=1S/C34H70NO7P/c1-6-8-9-10-11-12-13-14-15-16-17-18-19-20-21-22-23-24-25-26-29-39-31-33(42-34(36)27-7-2)32-41-43(37,38)40-30-28-35(3,4)5/h33H,6-32H2,1-5H3/p+1. The summed E-state index contributed by atoms with van der Waals surface area (Å²) in [6.07, 6.45) is 27.1. The SMILES string of the molecule is CCCCCCCCCCCCCCCCCCCCCCOCC(COP(=O)(O)OCC[N+](C)(C)C)OC(=O)CCC. The third kappa shape index (κ3) is 32.7. The Morgan fingerprint density at radius 2 is 1.07 bits per heavy atom. The molecular weight excluding hydrogens is 565 g/mol. The van der Waals surface area contributed by atoms with E-state index in [0.29, 0.717) is 24.1 Å². The van der Waals surface area contributed by atoms with Gasteiger partial charge in [0.05, 0.1) is 34.4 Å². The van der Waals surface area contributed by atoms with Crippen molar-refractivity contribution < 1.29 is 37.3 Å². The molecule has 0 aliphatic rings. The number of unbranched alkanes of at least 4 members (excludes halogenated alkanes) is 19. The quantitative estimate of drug-likeness (QED) is 0.0332. The molecule has 1 N–H and O–H groups in total. The van der Waals surface area contributed by atoms with Gasteiger partial charge in [0.1, 0.15) is 19.3 Å². The molecule has 0 saturated heterocycles. The molecule has 9 heteroatoms. The number of quaternary nitrogens is 1. The molecule has 0 aliphatic heterocycles. The number of nitrogens with zero attached hydrogens (tertiary/aromatic N) is 1. The van der Waals surface area contributed by atoms with Gasteiger partial charge in [0.25, 0.3) is 0 Å². The van der Waals surface area contributed by atoms with Crippen LogP contribution in [0.2, 0.25) is 0 Å². The first-order valence-corrected chi connectivity index (χ1v) is 19.3. The molecule has 0 saturated carbocycles. The summed E-state index contributed by atoms with van der Waals surface area (Å²) in [5.74, 6) is -0.364. The summed E-state index contributed by atoms with van der Waals surface area (Å²) >= 11 is 0. The van der Waals surface area contributed by atoms with Crippen molar-refractivity contribution in [3.63, 3.8) is 0 Å². The van der Waals surface area contributed by atoms with Crippen LogP contribution in [0.15, 0.2) is 0 Å². The van der Waals surface area contributed by atoms with E-state index in [0.717, 1.165) is 12.8 Å². The number of phosphoric ester groups is 1. The van der Waals surface area contributed by atoms with E-state index in [1.807, 2.05) is 28.1 Å². The van der Waals surface area contributed by atoms with E-state index in [2.05, 4.69) is 6.92 Å². The lowest BCUT2D eigenvalue weighted by atomic mass is 10.0. The molecular formula is C34H71NO7P+. The Kier molecular flexibility index (Phi) is 28.6. The van der Waals surface area contributed by atoms with E-state index in [1.165, 1.54) is 116 Å². The molecule has 0 fully saturated rings. The number of ether oxygens (including phenoxy) is 2. The Morgan fingerprint density at radius 3 is 1.49 bits per heavy atom. The maximum atomic E-state index is 12.2. The van der Waals surface area contributed by atoms with E-state index < -0.39 is 13.9 Å². The number of hydrogen-bond donors (Lipinski definition) is 1. The largest absolute Gasteiger partial charge is 0.472 e. The fourth-order valence-corrected chi connectivity index (χ4v) is 5.63. The number of rotatable bonds is 33. The van der Waals surface area contributed by atoms with Gasteiger partial charge >= 0.3 is 13.8 Å². The molecule has 0 bridgehead atoms. The number of carbonyl (C=O) groups excluding carboxylic acids is 1. The first kappa shape index (κ1) is 42.5. The van der Waals surface area contributed by atoms with Gasteiger partial charge in [-0.3, -0.25) is 13.8 Å². The van der Waals surface area contributed by atoms with Crippen LogP contribution in [0, 0.1) is 0 Å². The van der Waals surface area contributed by atoms with Gasteiger partial charge in [-0.25, -0.2) is 4.57 Å². The lowest BCUT2D eigenvalue weighted by Gasteiger charge is -2.24. The van der Waals surface area contributed by atoms with E-state index >= 15 is 0 Å². The fourth-order valence-electron chi connectivity index (χ4n) is 4.88. The topological polar surface area (TPSA) is 91.3 Å². The van der Waals surface area contributed by atoms with Gasteiger partial charge in [-0.1, -0.05) is 136 Å². The first-order chi connectivity index (χ1) is 20.6. The molecule has 2 unspecified atom stereocenters. The number of likely N-dealkylation sites (N-methyl/N-ethyl adjacent to an activating group) is 1. The summed E-state index contributed by atoms with van der Waals surface area (Å²) in [6.45, 7) is 5.29. The normalized spacial score (nSPS) is 14.1. The average Bonchev–Trinajstić information content (AvgIpc) is 2.93. The molecule has 0 heterocycles. The number of phosphoric acid groups is 1. The van der Waals surface area contributed by atoms with Crippen LogP contribution in [0.4, 0.5) is 0 Å². The Labute approximate surface area is 266 Å². The van der Waals surface area contributed by atoms with Crippen molar-refractivity contribution in [2.75, 3.05) is 54.1 Å². The Morgan fingerprint density at radius 1 is 0.628 bits per heavy atom. The van der Waals surface area contributed by atoms with Crippen LogP contribution in [-0.4, -0.2) is 75.6 Å². The highest BCUT2D eigenvalue weighted by atomic mass is 31.2. The van der Waals surface area contributed by atoms with Crippen molar-refractivity contribution in [1.82, 2.24) is 0 Å². The minimum absolute atomic E-state index is 0.0908. The van der Waals surface area contributed by atoms with Crippen LogP contribution in [0.5, 0.6) is 0 Å². The third-order valence-electron chi connectivity index (χ3n) is 7.64. The Bertz CT molecular complexity index is 672. The first-order valence-electron chi connectivity index (χ1n) is 17.8. The molecule has 8 nitrogen and oxygen atoms in total. The fraction of sp³-hybridized carbons (Fsp3) is 0.971. The summed E-state index contributed by atoms with van der Waals surface area (Å²) in [4.78, 5) is 22.0. The van der Waals surface area contributed by atoms with Crippen LogP contribution in [0.25, 0.3) is 0 Å². The zero-order chi connectivity index (χ0) is 32.1. The van der Waals surface area contributed by atoms with Crippen LogP contribution in [0.3, 0.4) is 0 Å². The highest BCUT2D eigenvalue weighted by molar-refractivity contribution is 7.47. The Balaban J connectivity index is 3.76. The summed E-state index contributed by atoms with van der Waals surface area (Å²) in [7, 11) is 1.67. The maximum Gasteiger partial charge on any atom is 0.472 e. The second-order valence-corrected chi connectivity index (χ2v) is 14.7. The predicted molar refractivity (Wildman–Crippen MR) is 178 cm³/mol. The van der Waals surface area contributed by atoms with Crippen LogP contribution >= 0.6 is 7.82 Å². The van der Waals surface area contributed by atoms with Gasteiger partial charge in [0, 0.05) is 13.0 Å². The molecule has 258 valence electrons. The molecule has 2 atom stereocenters. The second kappa shape index (κ2) is 28.9. The Hall–Kier alpha value is -0.500. The molecule has 0 aromatic heterocycles. The monoisotopic (exact) mass is 636 g/mol. The van der Waals surface area contributed by atoms with Crippen molar-refractivity contribution in [2.24, 2.45) is 0 Å². The third-order valence-corrected chi connectivity index (χ3v) is 8.62. The second-order valence-electron chi connectivity index (χ2n) is 13.3. The van der Waals surface area contributed by atoms with E-state index in [-0.39, 0.29) is 32.2 Å². The number of carbonyl (C=O) groups is 1. The summed E-state index contributed by atoms with van der Waals surface area (Å²) in [6, 6.07) is 0. The molecule has 0 aliphatic carbocycles. The zero-order valence-electron chi connectivity index (χ0n) is 29.0. The minimum atomic E-state index is -4.23. The van der Waals surface area contributed by atoms with Gasteiger partial charge in [0.15, 0.2) is 0 Å². The highest BCUT2D eigenvalue weighted by Gasteiger charge is 2.26. The maximum absolute atomic E-state index is 12.2. The van der Waals surface area contributed by atoms with Crippen LogP contribution in [-0.2, 0) is 27.9 Å². The van der Waals surface area contributed by atoms with Gasteiger partial charge in [-0.2, -0.15) is 0 Å². The molecule has 0 spiro atoms. The smallest absolute Gasteiger partial charge is 0.457 e. The number of esters is 1. The highest BCUT2D eigenvalue weighted by Crippen LogP contribution is 2.43. The summed E-state index contributed by atoms with van der Waals surface area (Å²) in [5, 5.41) is 0. The van der Waals surface area contributed by atoms with Gasteiger partial charge in [-0.15, -0.1) is 0 Å². The summed E-state index contributed by atoms with van der Waals surface area (Å²) in [5.41, 5.74) is 0. The van der Waals surface area contributed by atoms with Crippen molar-refractivity contribution >= 4 is 13.8 Å². The van der Waals surface area contributed by atoms with Gasteiger partial charge in [0.2, 0.25) is 0 Å². The molecule has 43 heavy (non-hydrogen) atoms. The molecule has 0 aromatic carbocycles. The van der Waals surface area contributed by atoms with Crippen molar-refractivity contribution in [3.05, 3.63) is 0 Å². The van der Waals surface area contributed by atoms with E-state index in [1.54, 1.807) is 0 Å². The van der Waals surface area contributed by atoms with Crippen LogP contribution in [0.1, 0.15) is 155 Å². The summed E-state index contributed by atoms with van der Waals surface area (Å²) < 4.78 is 34.1. The average molecular weight is 637 g/mol. The molecule has 0 radical (unpaired) electrons. The molecule has 0 aromatic rings. The lowest BCUT2D eigenvalue weighted by molar-refractivity contribution is -0.870. The van der Waals surface area contributed by atoms with Gasteiger partial charge in [-0.05, 0) is 12.8 Å². The van der Waals surface area contributed by atoms with Crippen molar-refractivity contribution in [2.45, 2.75) is 161 Å². The van der Waals surface area contributed by atoms with Crippen LogP contribution < -0.4 is 0 Å². The molecule has 0 amide bonds. The lowest BCUT2D eigenvalue weighted by Crippen LogP contribution is -2.37. The van der Waals surface area contributed by atoms with E-state index in [4.69, 9.17) is 18.5 Å². The van der Waals surface area contributed by atoms with Gasteiger partial charge < -0.3 is 18.9 Å². The number of hydrogen-bond acceptors (Lipinski definition) is 6. The predicted octanol–water partition coefficient (Wildman–Crippen LogP) is 9.38. The van der Waals surface area contributed by atoms with Crippen molar-refractivity contribution in [1.29, 1.82) is 0 Å². The zero-order valence-corrected chi connectivity index (χ0v) is 29.9.